The minimum atomic E-state index is -0.352. The number of carbonyl (C=O) groups is 1. The van der Waals surface area contributed by atoms with Gasteiger partial charge in [-0.1, -0.05) is 55.7 Å². The predicted octanol–water partition coefficient (Wildman–Crippen LogP) is 3.07. The van der Waals surface area contributed by atoms with Gasteiger partial charge in [0.15, 0.2) is 16.1 Å². The summed E-state index contributed by atoms with van der Waals surface area (Å²) in [6.07, 6.45) is 1.55. The molecular formula is C13H17Cl2N5OS. The summed E-state index contributed by atoms with van der Waals surface area (Å²) in [7, 11) is 1.85. The number of halogens is 2. The average Bonchev–Trinajstić information content (AvgIpc) is 2.93. The van der Waals surface area contributed by atoms with Gasteiger partial charge in [-0.05, 0) is 0 Å². The van der Waals surface area contributed by atoms with Gasteiger partial charge in [-0.25, -0.2) is 4.98 Å². The molecule has 2 aromatic rings. The monoisotopic (exact) mass is 361 g/mol. The molecule has 0 aliphatic carbocycles. The van der Waals surface area contributed by atoms with Crippen molar-refractivity contribution >= 4 is 40.7 Å². The summed E-state index contributed by atoms with van der Waals surface area (Å²) in [5.74, 6) is 1.25. The Balaban J connectivity index is 2.07. The summed E-state index contributed by atoms with van der Waals surface area (Å²) in [5.41, 5.74) is -0.352. The van der Waals surface area contributed by atoms with Gasteiger partial charge in [-0.15, -0.1) is 10.2 Å². The number of thioether (sulfide) groups is 1. The standard InChI is InChI=1S/C13H17Cl2N5OS/c1-13(2,3)8(21)6-22-12-18-17-9(19(12)4)5-20-7-16-10(14)11(20)15/h7H,5-6H2,1-4H3. The number of ketones is 1. The molecule has 0 aliphatic rings. The van der Waals surface area contributed by atoms with Gasteiger partial charge in [0, 0.05) is 12.5 Å². The molecule has 2 aromatic heterocycles. The number of imidazole rings is 1. The second-order valence-corrected chi connectivity index (χ2v) is 7.53. The molecule has 0 atom stereocenters. The molecule has 0 amide bonds. The number of aromatic nitrogens is 5. The molecule has 0 aliphatic heterocycles. The Morgan fingerprint density at radius 3 is 2.55 bits per heavy atom. The van der Waals surface area contributed by atoms with E-state index in [1.807, 2.05) is 32.4 Å². The molecule has 6 nitrogen and oxygen atoms in total. The van der Waals surface area contributed by atoms with Crippen molar-refractivity contribution < 1.29 is 4.79 Å². The highest BCUT2D eigenvalue weighted by Gasteiger charge is 2.22. The van der Waals surface area contributed by atoms with Gasteiger partial charge in [0.25, 0.3) is 0 Å². The fraction of sp³-hybridized carbons (Fsp3) is 0.538. The molecule has 2 heterocycles. The zero-order valence-corrected chi connectivity index (χ0v) is 15.1. The third kappa shape index (κ3) is 3.83. The molecule has 0 saturated carbocycles. The van der Waals surface area contributed by atoms with Crippen molar-refractivity contribution in [2.24, 2.45) is 12.5 Å². The van der Waals surface area contributed by atoms with Crippen LogP contribution < -0.4 is 0 Å². The van der Waals surface area contributed by atoms with Crippen LogP contribution >= 0.6 is 35.0 Å². The first-order valence-electron chi connectivity index (χ1n) is 6.60. The van der Waals surface area contributed by atoms with Crippen LogP contribution in [0.15, 0.2) is 11.5 Å². The largest absolute Gasteiger partial charge is 0.313 e. The van der Waals surface area contributed by atoms with Gasteiger partial charge >= 0.3 is 0 Å². The Morgan fingerprint density at radius 1 is 1.32 bits per heavy atom. The maximum Gasteiger partial charge on any atom is 0.191 e. The lowest BCUT2D eigenvalue weighted by Gasteiger charge is -2.15. The molecule has 0 aromatic carbocycles. The van der Waals surface area contributed by atoms with Gasteiger partial charge < -0.3 is 9.13 Å². The van der Waals surface area contributed by atoms with Crippen molar-refractivity contribution in [3.8, 4) is 0 Å². The van der Waals surface area contributed by atoms with Crippen molar-refractivity contribution in [3.05, 3.63) is 22.5 Å². The van der Waals surface area contributed by atoms with Crippen molar-refractivity contribution in [3.63, 3.8) is 0 Å². The van der Waals surface area contributed by atoms with E-state index in [-0.39, 0.29) is 16.4 Å². The average molecular weight is 362 g/mol. The van der Waals surface area contributed by atoms with E-state index in [9.17, 15) is 4.79 Å². The van der Waals surface area contributed by atoms with Crippen LogP contribution in [-0.4, -0.2) is 35.9 Å². The molecule has 0 fully saturated rings. The molecule has 120 valence electrons. The van der Waals surface area contributed by atoms with Gasteiger partial charge in [-0.3, -0.25) is 4.79 Å². The molecule has 0 spiro atoms. The van der Waals surface area contributed by atoms with Crippen LogP contribution in [0.5, 0.6) is 0 Å². The van der Waals surface area contributed by atoms with Gasteiger partial charge in [0.05, 0.1) is 18.6 Å². The normalized spacial score (nSPS) is 11.9. The minimum Gasteiger partial charge on any atom is -0.313 e. The first-order valence-corrected chi connectivity index (χ1v) is 8.35. The Bertz CT molecular complexity index is 689. The van der Waals surface area contributed by atoms with Gasteiger partial charge in [0.2, 0.25) is 0 Å². The van der Waals surface area contributed by atoms with Crippen LogP contribution in [0.2, 0.25) is 10.3 Å². The summed E-state index contributed by atoms with van der Waals surface area (Å²) >= 11 is 13.2. The number of carbonyl (C=O) groups excluding carboxylic acids is 1. The van der Waals surface area contributed by atoms with Crippen LogP contribution in [0.1, 0.15) is 26.6 Å². The lowest BCUT2D eigenvalue weighted by atomic mass is 9.92. The van der Waals surface area contributed by atoms with Gasteiger partial charge in [-0.2, -0.15) is 0 Å². The molecule has 22 heavy (non-hydrogen) atoms. The molecule has 0 bridgehead atoms. The zero-order chi connectivity index (χ0) is 16.5. The first kappa shape index (κ1) is 17.3. The highest BCUT2D eigenvalue weighted by atomic mass is 35.5. The van der Waals surface area contributed by atoms with Crippen molar-refractivity contribution in [2.75, 3.05) is 5.75 Å². The zero-order valence-electron chi connectivity index (χ0n) is 12.8. The number of hydrogen-bond acceptors (Lipinski definition) is 5. The SMILES string of the molecule is Cn1c(Cn2cnc(Cl)c2Cl)nnc1SCC(=O)C(C)(C)C. The van der Waals surface area contributed by atoms with Crippen LogP contribution in [-0.2, 0) is 18.4 Å². The van der Waals surface area contributed by atoms with E-state index in [0.29, 0.717) is 28.4 Å². The first-order chi connectivity index (χ1) is 10.2. The van der Waals surface area contributed by atoms with E-state index < -0.39 is 0 Å². The van der Waals surface area contributed by atoms with E-state index >= 15 is 0 Å². The number of hydrogen-bond donors (Lipinski definition) is 0. The lowest BCUT2D eigenvalue weighted by Crippen LogP contribution is -2.22. The maximum absolute atomic E-state index is 12.0. The number of Topliss-reactive ketones (excluding diaryl/α,β-unsaturated/α-hetero) is 1. The molecule has 0 radical (unpaired) electrons. The third-order valence-electron chi connectivity index (χ3n) is 3.14. The molecular weight excluding hydrogens is 345 g/mol. The van der Waals surface area contributed by atoms with Crippen LogP contribution in [0.25, 0.3) is 0 Å². The Hall–Kier alpha value is -1.05. The summed E-state index contributed by atoms with van der Waals surface area (Å²) in [6, 6.07) is 0. The highest BCUT2D eigenvalue weighted by molar-refractivity contribution is 7.99. The summed E-state index contributed by atoms with van der Waals surface area (Å²) in [4.78, 5) is 15.9. The number of nitrogens with zero attached hydrogens (tertiary/aromatic N) is 5. The molecule has 9 heteroatoms. The molecule has 0 N–H and O–H groups in total. The van der Waals surface area contributed by atoms with E-state index in [4.69, 9.17) is 23.2 Å². The van der Waals surface area contributed by atoms with E-state index in [2.05, 4.69) is 15.2 Å². The maximum atomic E-state index is 12.0. The number of rotatable bonds is 5. The van der Waals surface area contributed by atoms with Crippen molar-refractivity contribution in [1.29, 1.82) is 0 Å². The summed E-state index contributed by atoms with van der Waals surface area (Å²) in [5, 5.41) is 9.56. The lowest BCUT2D eigenvalue weighted by molar-refractivity contribution is -0.123. The third-order valence-corrected chi connectivity index (χ3v) is 4.93. The predicted molar refractivity (Wildman–Crippen MR) is 87.5 cm³/mol. The summed E-state index contributed by atoms with van der Waals surface area (Å²) in [6.45, 7) is 6.13. The second kappa shape index (κ2) is 6.60. The fourth-order valence-electron chi connectivity index (χ4n) is 1.56. The Labute approximate surface area is 143 Å². The van der Waals surface area contributed by atoms with Crippen LogP contribution in [0.3, 0.4) is 0 Å². The fourth-order valence-corrected chi connectivity index (χ4v) is 2.96. The van der Waals surface area contributed by atoms with E-state index in [0.717, 1.165) is 0 Å². The quantitative estimate of drug-likeness (QED) is 0.765. The van der Waals surface area contributed by atoms with Crippen LogP contribution in [0.4, 0.5) is 0 Å². The Morgan fingerprint density at radius 2 is 2.00 bits per heavy atom. The second-order valence-electron chi connectivity index (χ2n) is 5.87. The van der Waals surface area contributed by atoms with Crippen LogP contribution in [0, 0.1) is 5.41 Å². The van der Waals surface area contributed by atoms with Gasteiger partial charge in [0.1, 0.15) is 10.9 Å². The van der Waals surface area contributed by atoms with Crippen molar-refractivity contribution in [2.45, 2.75) is 32.5 Å². The Kier molecular flexibility index (Phi) is 5.19. The van der Waals surface area contributed by atoms with E-state index in [1.165, 1.54) is 11.8 Å². The highest BCUT2D eigenvalue weighted by Crippen LogP contribution is 2.23. The summed E-state index contributed by atoms with van der Waals surface area (Å²) < 4.78 is 3.52. The topological polar surface area (TPSA) is 65.6 Å². The molecule has 2 rings (SSSR count). The minimum absolute atomic E-state index is 0.173. The molecule has 0 unspecified atom stereocenters. The van der Waals surface area contributed by atoms with E-state index in [1.54, 1.807) is 10.9 Å². The smallest absolute Gasteiger partial charge is 0.191 e. The van der Waals surface area contributed by atoms with Crippen molar-refractivity contribution in [1.82, 2.24) is 24.3 Å². The molecule has 0 saturated heterocycles.